The summed E-state index contributed by atoms with van der Waals surface area (Å²) >= 11 is 0. The molecule has 0 radical (unpaired) electrons. The van der Waals surface area contributed by atoms with Crippen LogP contribution in [0, 0.1) is 5.41 Å². The van der Waals surface area contributed by atoms with Gasteiger partial charge in [0.15, 0.2) is 0 Å². The molecule has 5 nitrogen and oxygen atoms in total. The van der Waals surface area contributed by atoms with Gasteiger partial charge < -0.3 is 15.0 Å². The van der Waals surface area contributed by atoms with Crippen LogP contribution in [0.15, 0.2) is 30.3 Å². The Hall–Kier alpha value is -2.04. The van der Waals surface area contributed by atoms with Crippen LogP contribution in [0.25, 0.3) is 0 Å². The minimum atomic E-state index is -0.493. The molecule has 1 aromatic carbocycles. The fourth-order valence-corrected chi connectivity index (χ4v) is 3.44. The summed E-state index contributed by atoms with van der Waals surface area (Å²) in [5.41, 5.74) is 0.268. The third kappa shape index (κ3) is 2.92. The predicted molar refractivity (Wildman–Crippen MR) is 86.8 cm³/mol. The van der Waals surface area contributed by atoms with E-state index in [0.717, 1.165) is 5.56 Å². The number of nitrogens with one attached hydrogen (secondary N) is 1. The van der Waals surface area contributed by atoms with Crippen molar-refractivity contribution >= 4 is 12.0 Å². The normalized spacial score (nSPS) is 23.2. The van der Waals surface area contributed by atoms with Gasteiger partial charge in [-0.05, 0) is 39.2 Å². The van der Waals surface area contributed by atoms with E-state index in [1.54, 1.807) is 4.90 Å². The van der Waals surface area contributed by atoms with Gasteiger partial charge in [-0.2, -0.15) is 0 Å². The number of rotatable bonds is 1. The first-order valence-corrected chi connectivity index (χ1v) is 8.16. The van der Waals surface area contributed by atoms with Gasteiger partial charge in [0, 0.05) is 13.1 Å². The number of ether oxygens (including phenoxy) is 1. The monoisotopic (exact) mass is 316 g/mol. The fourth-order valence-electron chi connectivity index (χ4n) is 3.44. The number of piperidine rings is 1. The third-order valence-electron chi connectivity index (χ3n) is 4.72. The molecule has 1 atom stereocenters. The largest absolute Gasteiger partial charge is 0.444 e. The lowest BCUT2D eigenvalue weighted by Gasteiger charge is -2.52. The van der Waals surface area contributed by atoms with Crippen LogP contribution in [-0.4, -0.2) is 35.6 Å². The van der Waals surface area contributed by atoms with Crippen molar-refractivity contribution in [1.82, 2.24) is 10.2 Å². The minimum absolute atomic E-state index is 0.0528. The Bertz CT molecular complexity index is 598. The number of carbonyl (C=O) groups excluding carboxylic acids is 2. The van der Waals surface area contributed by atoms with Crippen LogP contribution in [-0.2, 0) is 9.53 Å². The van der Waals surface area contributed by atoms with Gasteiger partial charge in [-0.25, -0.2) is 4.79 Å². The highest BCUT2D eigenvalue weighted by molar-refractivity contribution is 5.91. The lowest BCUT2D eigenvalue weighted by molar-refractivity contribution is -0.151. The summed E-state index contributed by atoms with van der Waals surface area (Å²) in [6.45, 7) is 6.71. The van der Waals surface area contributed by atoms with Crippen molar-refractivity contribution in [1.29, 1.82) is 0 Å². The van der Waals surface area contributed by atoms with Gasteiger partial charge in [-0.15, -0.1) is 0 Å². The molecule has 5 heteroatoms. The molecule has 2 fully saturated rings. The smallest absolute Gasteiger partial charge is 0.410 e. The van der Waals surface area contributed by atoms with Crippen LogP contribution < -0.4 is 5.32 Å². The van der Waals surface area contributed by atoms with Crippen LogP contribution in [0.1, 0.15) is 45.2 Å². The van der Waals surface area contributed by atoms with E-state index in [1.807, 2.05) is 51.1 Å². The summed E-state index contributed by atoms with van der Waals surface area (Å²) in [7, 11) is 0. The van der Waals surface area contributed by atoms with Gasteiger partial charge >= 0.3 is 6.09 Å². The summed E-state index contributed by atoms with van der Waals surface area (Å²) in [6.07, 6.45) is 1.07. The Balaban J connectivity index is 1.67. The van der Waals surface area contributed by atoms with Crippen molar-refractivity contribution in [3.8, 4) is 0 Å². The predicted octanol–water partition coefficient (Wildman–Crippen LogP) is 2.87. The molecule has 2 amide bonds. The van der Waals surface area contributed by atoms with E-state index < -0.39 is 5.60 Å². The number of hydrogen-bond acceptors (Lipinski definition) is 3. The molecule has 23 heavy (non-hydrogen) atoms. The van der Waals surface area contributed by atoms with E-state index in [-0.39, 0.29) is 23.5 Å². The summed E-state index contributed by atoms with van der Waals surface area (Å²) in [4.78, 5) is 26.1. The Labute approximate surface area is 137 Å². The second-order valence-electron chi connectivity index (χ2n) is 7.44. The van der Waals surface area contributed by atoms with Crippen LogP contribution in [0.5, 0.6) is 0 Å². The first-order chi connectivity index (χ1) is 10.8. The molecule has 3 rings (SSSR count). The second-order valence-corrected chi connectivity index (χ2v) is 7.44. The highest BCUT2D eigenvalue weighted by Gasteiger charge is 2.56. The third-order valence-corrected chi connectivity index (χ3v) is 4.72. The highest BCUT2D eigenvalue weighted by Crippen LogP contribution is 2.49. The molecule has 0 aliphatic carbocycles. The quantitative estimate of drug-likeness (QED) is 0.811. The number of likely N-dealkylation sites (tertiary alicyclic amines) is 1. The molecular formula is C18H24N2O3. The van der Waals surface area contributed by atoms with Crippen molar-refractivity contribution in [2.45, 2.75) is 45.3 Å². The second kappa shape index (κ2) is 5.55. The maximum atomic E-state index is 12.3. The lowest BCUT2D eigenvalue weighted by atomic mass is 9.64. The van der Waals surface area contributed by atoms with E-state index in [4.69, 9.17) is 4.74 Å². The fraction of sp³-hybridized carbons (Fsp3) is 0.556. The molecule has 2 aliphatic rings. The SMILES string of the molecule is CC(C)(C)OC(=O)N1CCC2(CC1)C(=O)N[C@@H]2c1ccccc1. The van der Waals surface area contributed by atoms with Crippen LogP contribution >= 0.6 is 0 Å². The topological polar surface area (TPSA) is 58.6 Å². The Kier molecular flexibility index (Phi) is 3.82. The maximum Gasteiger partial charge on any atom is 0.410 e. The van der Waals surface area contributed by atoms with Gasteiger partial charge in [0.05, 0.1) is 11.5 Å². The lowest BCUT2D eigenvalue weighted by Crippen LogP contribution is -2.65. The molecule has 2 heterocycles. The molecule has 1 N–H and O–H groups in total. The molecule has 0 unspecified atom stereocenters. The molecule has 1 spiro atoms. The Morgan fingerprint density at radius 3 is 2.35 bits per heavy atom. The first-order valence-electron chi connectivity index (χ1n) is 8.16. The standard InChI is InChI=1S/C18H24N2O3/c1-17(2,3)23-16(22)20-11-9-18(10-12-20)14(19-15(18)21)13-7-5-4-6-8-13/h4-8,14H,9-12H2,1-3H3,(H,19,21)/t14-/m1/s1. The number of carbonyl (C=O) groups is 2. The van der Waals surface area contributed by atoms with Crippen molar-refractivity contribution < 1.29 is 14.3 Å². The molecule has 124 valence electrons. The zero-order valence-corrected chi connectivity index (χ0v) is 14.0. The van der Waals surface area contributed by atoms with E-state index in [2.05, 4.69) is 5.32 Å². The van der Waals surface area contributed by atoms with Gasteiger partial charge in [-0.1, -0.05) is 30.3 Å². The summed E-state index contributed by atoms with van der Waals surface area (Å²) in [5.74, 6) is 0.107. The highest BCUT2D eigenvalue weighted by atomic mass is 16.6. The van der Waals surface area contributed by atoms with Gasteiger partial charge in [-0.3, -0.25) is 4.79 Å². The number of hydrogen-bond donors (Lipinski definition) is 1. The summed E-state index contributed by atoms with van der Waals surface area (Å²) in [5, 5.41) is 3.03. The van der Waals surface area contributed by atoms with Crippen LogP contribution in [0.2, 0.25) is 0 Å². The first kappa shape index (κ1) is 15.8. The van der Waals surface area contributed by atoms with Crippen molar-refractivity contribution in [2.24, 2.45) is 5.41 Å². The van der Waals surface area contributed by atoms with E-state index >= 15 is 0 Å². The Morgan fingerprint density at radius 1 is 1.22 bits per heavy atom. The maximum absolute atomic E-state index is 12.3. The molecule has 1 aromatic rings. The number of nitrogens with zero attached hydrogens (tertiary/aromatic N) is 1. The Morgan fingerprint density at radius 2 is 1.83 bits per heavy atom. The zero-order chi connectivity index (χ0) is 16.7. The zero-order valence-electron chi connectivity index (χ0n) is 14.0. The van der Waals surface area contributed by atoms with Crippen LogP contribution in [0.4, 0.5) is 4.79 Å². The van der Waals surface area contributed by atoms with Gasteiger partial charge in [0.25, 0.3) is 0 Å². The van der Waals surface area contributed by atoms with E-state index in [0.29, 0.717) is 25.9 Å². The molecule has 0 bridgehead atoms. The van der Waals surface area contributed by atoms with E-state index in [9.17, 15) is 9.59 Å². The van der Waals surface area contributed by atoms with Gasteiger partial charge in [0.2, 0.25) is 5.91 Å². The van der Waals surface area contributed by atoms with Gasteiger partial charge in [0.1, 0.15) is 5.60 Å². The number of benzene rings is 1. The molecule has 2 saturated heterocycles. The van der Waals surface area contributed by atoms with E-state index in [1.165, 1.54) is 0 Å². The molecule has 2 aliphatic heterocycles. The minimum Gasteiger partial charge on any atom is -0.444 e. The van der Waals surface area contributed by atoms with Crippen molar-refractivity contribution in [3.63, 3.8) is 0 Å². The number of amides is 2. The molecule has 0 aromatic heterocycles. The molecular weight excluding hydrogens is 292 g/mol. The van der Waals surface area contributed by atoms with Crippen LogP contribution in [0.3, 0.4) is 0 Å². The van der Waals surface area contributed by atoms with Crippen molar-refractivity contribution in [3.05, 3.63) is 35.9 Å². The average molecular weight is 316 g/mol. The summed E-state index contributed by atoms with van der Waals surface area (Å²) in [6, 6.07) is 10.1. The average Bonchev–Trinajstić information content (AvgIpc) is 2.52. The molecule has 0 saturated carbocycles. The van der Waals surface area contributed by atoms with Crippen molar-refractivity contribution in [2.75, 3.05) is 13.1 Å². The summed E-state index contributed by atoms with van der Waals surface area (Å²) < 4.78 is 5.42. The number of β-lactam (4-membered cyclic amide) rings is 1.